The van der Waals surface area contributed by atoms with Crippen LogP contribution in [0.4, 0.5) is 13.2 Å². The second-order valence-electron chi connectivity index (χ2n) is 9.82. The fourth-order valence-electron chi connectivity index (χ4n) is 4.83. The number of halogens is 5. The molecule has 0 spiro atoms. The van der Waals surface area contributed by atoms with E-state index in [-0.39, 0.29) is 16.7 Å². The predicted molar refractivity (Wildman–Crippen MR) is 154 cm³/mol. The third-order valence-electron chi connectivity index (χ3n) is 7.17. The van der Waals surface area contributed by atoms with Crippen LogP contribution in [-0.4, -0.2) is 29.1 Å². The molecule has 220 valence electrons. The minimum absolute atomic E-state index is 0.0617. The molecule has 0 aromatic heterocycles. The van der Waals surface area contributed by atoms with Gasteiger partial charge in [-0.3, -0.25) is 9.59 Å². The van der Waals surface area contributed by atoms with Crippen LogP contribution in [0, 0.1) is 24.2 Å². The number of amides is 2. The van der Waals surface area contributed by atoms with Gasteiger partial charge in [-0.15, -0.1) is 18.0 Å². The Kier molecular flexibility index (Phi) is 9.29. The van der Waals surface area contributed by atoms with Gasteiger partial charge in [0.25, 0.3) is 11.8 Å². The molecule has 0 radical (unpaired) electrons. The van der Waals surface area contributed by atoms with Crippen molar-refractivity contribution in [3.8, 4) is 12.3 Å². The highest BCUT2D eigenvalue weighted by molar-refractivity contribution is 6.30. The molecule has 1 saturated carbocycles. The van der Waals surface area contributed by atoms with Crippen molar-refractivity contribution in [2.45, 2.75) is 43.8 Å². The summed E-state index contributed by atoms with van der Waals surface area (Å²) < 4.78 is 48.4. The quantitative estimate of drug-likeness (QED) is 0.230. The van der Waals surface area contributed by atoms with Crippen LogP contribution in [0.2, 0.25) is 0 Å². The Morgan fingerprint density at radius 2 is 1.57 bits per heavy atom. The predicted octanol–water partition coefficient (Wildman–Crippen LogP) is 6.43. The van der Waals surface area contributed by atoms with Gasteiger partial charge in [-0.1, -0.05) is 80.3 Å². The molecule has 0 bridgehead atoms. The normalized spacial score (nSPS) is 28.7. The van der Waals surface area contributed by atoms with Gasteiger partial charge in [0.15, 0.2) is 17.7 Å². The highest BCUT2D eigenvalue weighted by atomic mass is 35.5. The first kappa shape index (κ1) is 31.1. The number of alkyl halides is 4. The average Bonchev–Trinajstić information content (AvgIpc) is 3.20. The number of hydrogen-bond acceptors (Lipinski definition) is 4. The maximum absolute atomic E-state index is 12.5. The topological polar surface area (TPSA) is 76.7 Å². The number of ether oxygens (including phenoxy) is 2. The Hall–Kier alpha value is -3.87. The summed E-state index contributed by atoms with van der Waals surface area (Å²) in [6, 6.07) is 14.0. The van der Waals surface area contributed by atoms with E-state index in [1.807, 2.05) is 30.3 Å². The average molecular weight is 619 g/mol. The number of benzene rings is 2. The molecule has 5 unspecified atom stereocenters. The van der Waals surface area contributed by atoms with E-state index >= 15 is 0 Å². The largest absolute Gasteiger partial charge is 0.463 e. The van der Waals surface area contributed by atoms with Crippen LogP contribution >= 0.6 is 23.2 Å². The molecule has 2 aromatic rings. The van der Waals surface area contributed by atoms with Crippen LogP contribution in [0.1, 0.15) is 37.0 Å². The number of rotatable bonds is 5. The van der Waals surface area contributed by atoms with Crippen molar-refractivity contribution in [3.63, 3.8) is 0 Å². The van der Waals surface area contributed by atoms with Gasteiger partial charge in [0, 0.05) is 6.08 Å². The highest BCUT2D eigenvalue weighted by Gasteiger charge is 2.67. The summed E-state index contributed by atoms with van der Waals surface area (Å²) >= 11 is 12.5. The van der Waals surface area contributed by atoms with Crippen molar-refractivity contribution < 1.29 is 32.2 Å². The molecule has 5 rings (SSSR count). The van der Waals surface area contributed by atoms with Crippen LogP contribution in [-0.2, 0) is 25.2 Å². The Balaban J connectivity index is 0.000000193. The number of allylic oxidation sites excluding steroid dienone is 1. The lowest BCUT2D eigenvalue weighted by Gasteiger charge is -2.17. The molecule has 3 fully saturated rings. The van der Waals surface area contributed by atoms with E-state index in [4.69, 9.17) is 39.1 Å². The molecular weight excluding hydrogens is 592 g/mol. The van der Waals surface area contributed by atoms with Crippen LogP contribution in [0.25, 0.3) is 12.2 Å². The summed E-state index contributed by atoms with van der Waals surface area (Å²) in [5.41, 5.74) is 0.554. The summed E-state index contributed by atoms with van der Waals surface area (Å²) in [4.78, 5) is 23.2. The summed E-state index contributed by atoms with van der Waals surface area (Å²) in [6.07, 6.45) is 4.62. The van der Waals surface area contributed by atoms with E-state index in [0.29, 0.717) is 23.2 Å². The van der Waals surface area contributed by atoms with Crippen molar-refractivity contribution in [2.75, 3.05) is 0 Å². The van der Waals surface area contributed by atoms with Crippen molar-refractivity contribution in [1.29, 1.82) is 0 Å². The lowest BCUT2D eigenvalue weighted by Crippen LogP contribution is -2.38. The van der Waals surface area contributed by atoms with E-state index in [1.54, 1.807) is 6.08 Å². The van der Waals surface area contributed by atoms with E-state index < -0.39 is 35.0 Å². The van der Waals surface area contributed by atoms with Crippen LogP contribution in [0.5, 0.6) is 0 Å². The van der Waals surface area contributed by atoms with Gasteiger partial charge in [-0.2, -0.15) is 13.2 Å². The lowest BCUT2D eigenvalue weighted by molar-refractivity contribution is -0.137. The summed E-state index contributed by atoms with van der Waals surface area (Å²) in [7, 11) is 0. The smallest absolute Gasteiger partial charge is 0.416 e. The highest BCUT2D eigenvalue weighted by Crippen LogP contribution is 2.60. The first-order valence-corrected chi connectivity index (χ1v) is 13.7. The zero-order valence-electron chi connectivity index (χ0n) is 22.5. The lowest BCUT2D eigenvalue weighted by atomic mass is 10.1. The van der Waals surface area contributed by atoms with Crippen LogP contribution in [0.3, 0.4) is 0 Å². The molecule has 5 atom stereocenters. The van der Waals surface area contributed by atoms with Crippen molar-refractivity contribution >= 4 is 47.2 Å². The van der Waals surface area contributed by atoms with Crippen molar-refractivity contribution in [2.24, 2.45) is 11.8 Å². The van der Waals surface area contributed by atoms with Crippen molar-refractivity contribution in [3.05, 3.63) is 93.9 Å². The first-order valence-electron chi connectivity index (χ1n) is 13.0. The molecule has 2 amide bonds. The Labute approximate surface area is 251 Å². The van der Waals surface area contributed by atoms with E-state index in [0.717, 1.165) is 24.1 Å². The number of carbonyl (C=O) groups excluding carboxylic acids is 2. The maximum Gasteiger partial charge on any atom is 0.416 e. The van der Waals surface area contributed by atoms with Crippen LogP contribution < -0.4 is 10.6 Å². The third-order valence-corrected chi connectivity index (χ3v) is 8.30. The molecule has 2 saturated heterocycles. The SMILES string of the molecule is C#C/C=C(/Cl)C1NC(=O)/C(=C/c2ccc(C(F)(F)F)cc2)O1.CCC1C(C)C1(Cl)C1NC(=O)/C(=C/c2ccccc2)O1. The van der Waals surface area contributed by atoms with Crippen LogP contribution in [0.15, 0.2) is 77.2 Å². The molecule has 42 heavy (non-hydrogen) atoms. The van der Waals surface area contributed by atoms with E-state index in [1.165, 1.54) is 24.3 Å². The molecule has 2 N–H and O–H groups in total. The zero-order valence-corrected chi connectivity index (χ0v) is 24.1. The molecule has 11 heteroatoms. The molecule has 2 aliphatic heterocycles. The van der Waals surface area contributed by atoms with Gasteiger partial charge < -0.3 is 20.1 Å². The second kappa shape index (κ2) is 12.6. The number of hydrogen-bond donors (Lipinski definition) is 2. The maximum atomic E-state index is 12.5. The Bertz CT molecular complexity index is 1470. The van der Waals surface area contributed by atoms with E-state index in [9.17, 15) is 22.8 Å². The fraction of sp³-hybridized carbons (Fsp3) is 0.290. The summed E-state index contributed by atoms with van der Waals surface area (Å²) in [5.74, 6) is 2.50. The minimum atomic E-state index is -4.41. The Morgan fingerprint density at radius 3 is 2.12 bits per heavy atom. The Morgan fingerprint density at radius 1 is 1.00 bits per heavy atom. The molecule has 2 heterocycles. The molecular formula is C31H27Cl2F3N2O4. The zero-order chi connectivity index (χ0) is 30.7. The summed E-state index contributed by atoms with van der Waals surface area (Å²) in [5, 5.41) is 5.42. The fourth-order valence-corrected chi connectivity index (χ4v) is 5.53. The van der Waals surface area contributed by atoms with Gasteiger partial charge >= 0.3 is 6.18 Å². The van der Waals surface area contributed by atoms with E-state index in [2.05, 4.69) is 30.4 Å². The molecule has 2 aromatic carbocycles. The molecule has 3 aliphatic rings. The number of carbonyl (C=O) groups is 2. The number of nitrogens with one attached hydrogen (secondary N) is 2. The molecule has 6 nitrogen and oxygen atoms in total. The minimum Gasteiger partial charge on any atom is -0.463 e. The van der Waals surface area contributed by atoms with Gasteiger partial charge in [-0.25, -0.2) is 0 Å². The summed E-state index contributed by atoms with van der Waals surface area (Å²) in [6.45, 7) is 4.22. The van der Waals surface area contributed by atoms with Gasteiger partial charge in [0.1, 0.15) is 4.87 Å². The monoisotopic (exact) mass is 618 g/mol. The third kappa shape index (κ3) is 6.77. The standard InChI is InChI=1S/C16H18ClNO2.C15H9ClF3NO2/c1-3-12-10(2)16(12,17)15-18-14(19)13(20-15)9-11-7-5-4-6-8-11;1-2-3-11(16)14-20-13(21)12(22-14)8-9-4-6-10(7-5-9)15(17,18)19/h4-10,12,15H,3H2,1-2H3,(H,18,19);1,3-8,14H,(H,20,21)/b13-9-;11-3+,12-8-. The van der Waals surface area contributed by atoms with Gasteiger partial charge in [0.2, 0.25) is 6.23 Å². The molecule has 1 aliphatic carbocycles. The first-order chi connectivity index (χ1) is 19.9. The van der Waals surface area contributed by atoms with Gasteiger partial charge in [0.05, 0.1) is 10.6 Å². The van der Waals surface area contributed by atoms with Crippen molar-refractivity contribution in [1.82, 2.24) is 10.6 Å². The number of terminal acetylenes is 1. The second-order valence-corrected chi connectivity index (χ2v) is 10.9. The van der Waals surface area contributed by atoms with Gasteiger partial charge in [-0.05, 0) is 47.2 Å².